The summed E-state index contributed by atoms with van der Waals surface area (Å²) in [4.78, 5) is 0. The van der Waals surface area contributed by atoms with Crippen LogP contribution in [0.25, 0.3) is 0 Å². The molecule has 0 aromatic heterocycles. The van der Waals surface area contributed by atoms with Gasteiger partial charge < -0.3 is 15.2 Å². The molecule has 3 heteroatoms. The maximum Gasteiger partial charge on any atom is 0.165 e. The molecule has 0 spiro atoms. The quantitative estimate of drug-likeness (QED) is 0.850. The highest BCUT2D eigenvalue weighted by atomic mass is 16.5. The molecule has 0 fully saturated rings. The minimum absolute atomic E-state index is 0.0327. The Balaban J connectivity index is 2.20. The second-order valence-corrected chi connectivity index (χ2v) is 5.07. The Morgan fingerprint density at radius 1 is 1.50 bits per heavy atom. The molecule has 0 aliphatic carbocycles. The summed E-state index contributed by atoms with van der Waals surface area (Å²) in [6.45, 7) is 6.61. The number of rotatable bonds is 3. The number of para-hydroxylation sites is 1. The number of nitrogens with two attached hydrogens (primary N) is 1. The summed E-state index contributed by atoms with van der Waals surface area (Å²) in [5.74, 6) is 1.69. The highest BCUT2D eigenvalue weighted by Gasteiger charge is 2.32. The number of ether oxygens (including phenoxy) is 2. The predicted molar refractivity (Wildman–Crippen MR) is 64.0 cm³/mol. The lowest BCUT2D eigenvalue weighted by Crippen LogP contribution is -2.25. The van der Waals surface area contributed by atoms with E-state index in [4.69, 9.17) is 15.2 Å². The Morgan fingerprint density at radius 3 is 2.94 bits per heavy atom. The van der Waals surface area contributed by atoms with Crippen molar-refractivity contribution < 1.29 is 9.47 Å². The van der Waals surface area contributed by atoms with Crippen LogP contribution in [-0.4, -0.2) is 18.2 Å². The van der Waals surface area contributed by atoms with E-state index in [-0.39, 0.29) is 11.6 Å². The van der Waals surface area contributed by atoms with E-state index in [9.17, 15) is 0 Å². The second kappa shape index (κ2) is 3.98. The van der Waals surface area contributed by atoms with Crippen LogP contribution in [0.2, 0.25) is 0 Å². The van der Waals surface area contributed by atoms with E-state index >= 15 is 0 Å². The molecular formula is C13H19NO2. The van der Waals surface area contributed by atoms with Crippen molar-refractivity contribution in [3.05, 3.63) is 23.8 Å². The van der Waals surface area contributed by atoms with Gasteiger partial charge in [0, 0.05) is 18.0 Å². The van der Waals surface area contributed by atoms with Crippen molar-refractivity contribution in [1.29, 1.82) is 0 Å². The van der Waals surface area contributed by atoms with Gasteiger partial charge in [0.1, 0.15) is 12.2 Å². The van der Waals surface area contributed by atoms with Crippen molar-refractivity contribution in [2.45, 2.75) is 38.8 Å². The highest BCUT2D eigenvalue weighted by molar-refractivity contribution is 5.50. The lowest BCUT2D eigenvalue weighted by molar-refractivity contribution is 0.131. The number of fused-ring (bicyclic) bond motifs is 1. The molecule has 88 valence electrons. The van der Waals surface area contributed by atoms with E-state index in [2.05, 4.69) is 19.9 Å². The summed E-state index contributed by atoms with van der Waals surface area (Å²) >= 11 is 0. The molecule has 0 bridgehead atoms. The maximum atomic E-state index is 5.89. The smallest absolute Gasteiger partial charge is 0.165 e. The standard InChI is InChI=1S/C13H19NO2/c1-9(14)8-15-11-6-4-5-10-7-13(2,3)16-12(10)11/h4-6,9H,7-8,14H2,1-3H3/t9-/m1/s1. The van der Waals surface area contributed by atoms with Crippen molar-refractivity contribution in [2.24, 2.45) is 5.73 Å². The van der Waals surface area contributed by atoms with Crippen LogP contribution in [0.5, 0.6) is 11.5 Å². The fourth-order valence-corrected chi connectivity index (χ4v) is 1.92. The summed E-state index contributed by atoms with van der Waals surface area (Å²) in [6, 6.07) is 6.05. The van der Waals surface area contributed by atoms with Gasteiger partial charge in [-0.05, 0) is 26.8 Å². The Morgan fingerprint density at radius 2 is 2.25 bits per heavy atom. The molecule has 0 radical (unpaired) electrons. The van der Waals surface area contributed by atoms with Crippen molar-refractivity contribution in [1.82, 2.24) is 0 Å². The van der Waals surface area contributed by atoms with Crippen molar-refractivity contribution in [2.75, 3.05) is 6.61 Å². The molecule has 1 aliphatic rings. The molecular weight excluding hydrogens is 202 g/mol. The Bertz CT molecular complexity index is 386. The maximum absolute atomic E-state index is 5.89. The van der Waals surface area contributed by atoms with E-state index in [1.807, 2.05) is 19.1 Å². The van der Waals surface area contributed by atoms with E-state index in [0.717, 1.165) is 17.9 Å². The zero-order chi connectivity index (χ0) is 11.8. The Labute approximate surface area is 96.5 Å². The number of hydrogen-bond donors (Lipinski definition) is 1. The molecule has 1 aromatic rings. The largest absolute Gasteiger partial charge is 0.488 e. The summed E-state index contributed by atoms with van der Waals surface area (Å²) in [5.41, 5.74) is 6.76. The first-order valence-electron chi connectivity index (χ1n) is 5.67. The average molecular weight is 221 g/mol. The topological polar surface area (TPSA) is 44.5 Å². The lowest BCUT2D eigenvalue weighted by Gasteiger charge is -2.18. The summed E-state index contributed by atoms with van der Waals surface area (Å²) in [6.07, 6.45) is 0.928. The molecule has 1 aliphatic heterocycles. The van der Waals surface area contributed by atoms with Crippen LogP contribution in [0.1, 0.15) is 26.3 Å². The van der Waals surface area contributed by atoms with Gasteiger partial charge in [-0.2, -0.15) is 0 Å². The van der Waals surface area contributed by atoms with Gasteiger partial charge in [0.25, 0.3) is 0 Å². The van der Waals surface area contributed by atoms with Gasteiger partial charge in [0.15, 0.2) is 11.5 Å². The number of hydrogen-bond acceptors (Lipinski definition) is 3. The zero-order valence-corrected chi connectivity index (χ0v) is 10.1. The van der Waals surface area contributed by atoms with Crippen LogP contribution in [-0.2, 0) is 6.42 Å². The number of benzene rings is 1. The molecule has 3 nitrogen and oxygen atoms in total. The third-order valence-corrected chi connectivity index (χ3v) is 2.56. The fourth-order valence-electron chi connectivity index (χ4n) is 1.92. The van der Waals surface area contributed by atoms with Gasteiger partial charge >= 0.3 is 0 Å². The fraction of sp³-hybridized carbons (Fsp3) is 0.538. The monoisotopic (exact) mass is 221 g/mol. The van der Waals surface area contributed by atoms with Gasteiger partial charge in [-0.1, -0.05) is 12.1 Å². The Hall–Kier alpha value is -1.22. The van der Waals surface area contributed by atoms with Crippen LogP contribution < -0.4 is 15.2 Å². The highest BCUT2D eigenvalue weighted by Crippen LogP contribution is 2.41. The first-order chi connectivity index (χ1) is 7.48. The molecule has 0 saturated heterocycles. The molecule has 2 rings (SSSR count). The van der Waals surface area contributed by atoms with Crippen LogP contribution >= 0.6 is 0 Å². The summed E-state index contributed by atoms with van der Waals surface area (Å²) in [5, 5.41) is 0. The third kappa shape index (κ3) is 2.30. The van der Waals surface area contributed by atoms with Crippen molar-refractivity contribution >= 4 is 0 Å². The average Bonchev–Trinajstić information content (AvgIpc) is 2.48. The third-order valence-electron chi connectivity index (χ3n) is 2.56. The van der Waals surface area contributed by atoms with Gasteiger partial charge in [-0.3, -0.25) is 0 Å². The first kappa shape index (κ1) is 11.3. The molecule has 16 heavy (non-hydrogen) atoms. The van der Waals surface area contributed by atoms with Gasteiger partial charge in [-0.25, -0.2) is 0 Å². The molecule has 2 N–H and O–H groups in total. The van der Waals surface area contributed by atoms with Gasteiger partial charge in [0.05, 0.1) is 0 Å². The van der Waals surface area contributed by atoms with E-state index in [0.29, 0.717) is 6.61 Å². The Kier molecular flexibility index (Phi) is 2.80. The predicted octanol–water partition coefficient (Wildman–Crippen LogP) is 2.13. The summed E-state index contributed by atoms with van der Waals surface area (Å²) < 4.78 is 11.5. The molecule has 1 atom stereocenters. The molecule has 1 aromatic carbocycles. The van der Waals surface area contributed by atoms with Crippen LogP contribution in [0, 0.1) is 0 Å². The molecule has 0 amide bonds. The first-order valence-corrected chi connectivity index (χ1v) is 5.67. The lowest BCUT2D eigenvalue weighted by atomic mass is 10.0. The van der Waals surface area contributed by atoms with Crippen molar-refractivity contribution in [3.63, 3.8) is 0 Å². The molecule has 0 unspecified atom stereocenters. The van der Waals surface area contributed by atoms with E-state index < -0.39 is 0 Å². The van der Waals surface area contributed by atoms with Gasteiger partial charge in [-0.15, -0.1) is 0 Å². The molecule has 0 saturated carbocycles. The van der Waals surface area contributed by atoms with Crippen molar-refractivity contribution in [3.8, 4) is 11.5 Å². The SMILES string of the molecule is C[C@@H](N)COc1cccc2c1OC(C)(C)C2. The minimum atomic E-state index is -0.129. The summed E-state index contributed by atoms with van der Waals surface area (Å²) in [7, 11) is 0. The van der Waals surface area contributed by atoms with Gasteiger partial charge in [0.2, 0.25) is 0 Å². The van der Waals surface area contributed by atoms with E-state index in [1.54, 1.807) is 0 Å². The zero-order valence-electron chi connectivity index (χ0n) is 10.1. The minimum Gasteiger partial charge on any atom is -0.488 e. The normalized spacial score (nSPS) is 18.8. The van der Waals surface area contributed by atoms with Crippen LogP contribution in [0.15, 0.2) is 18.2 Å². The van der Waals surface area contributed by atoms with E-state index in [1.165, 1.54) is 5.56 Å². The van der Waals surface area contributed by atoms with Crippen LogP contribution in [0.4, 0.5) is 0 Å². The second-order valence-electron chi connectivity index (χ2n) is 5.07. The molecule has 1 heterocycles. The van der Waals surface area contributed by atoms with Crippen LogP contribution in [0.3, 0.4) is 0 Å².